The summed E-state index contributed by atoms with van der Waals surface area (Å²) in [7, 11) is -4.20. The third-order valence-corrected chi connectivity index (χ3v) is 10.9. The van der Waals surface area contributed by atoms with Crippen molar-refractivity contribution in [3.05, 3.63) is 130 Å². The van der Waals surface area contributed by atoms with E-state index in [1.54, 1.807) is 54.6 Å². The van der Waals surface area contributed by atoms with E-state index in [4.69, 9.17) is 23.2 Å². The molecule has 1 aliphatic rings. The average Bonchev–Trinajstić information content (AvgIpc) is 3.07. The van der Waals surface area contributed by atoms with Gasteiger partial charge in [0.25, 0.3) is 10.0 Å². The number of sulfonamides is 1. The quantitative estimate of drug-likeness (QED) is 0.166. The van der Waals surface area contributed by atoms with Crippen LogP contribution < -0.4 is 9.62 Å². The largest absolute Gasteiger partial charge is 0.352 e. The number of hydrogen-bond donors (Lipinski definition) is 1. The van der Waals surface area contributed by atoms with Gasteiger partial charge in [-0.05, 0) is 73.4 Å². The average molecular weight is 693 g/mol. The molecule has 1 aliphatic carbocycles. The molecule has 1 fully saturated rings. The molecule has 0 bridgehead atoms. The Labute approximate surface area is 287 Å². The zero-order valence-corrected chi connectivity index (χ0v) is 28.6. The molecule has 1 saturated carbocycles. The van der Waals surface area contributed by atoms with Crippen molar-refractivity contribution in [1.82, 2.24) is 10.2 Å². The van der Waals surface area contributed by atoms with Gasteiger partial charge in [-0.15, -0.1) is 0 Å². The second-order valence-corrected chi connectivity index (χ2v) is 14.7. The summed E-state index contributed by atoms with van der Waals surface area (Å²) in [6, 6.07) is 28.5. The first kappa shape index (κ1) is 34.5. The number of nitrogens with zero attached hydrogens (tertiary/aromatic N) is 2. The molecular weight excluding hydrogens is 653 g/mol. The van der Waals surface area contributed by atoms with Crippen LogP contribution in [0.15, 0.2) is 108 Å². The fourth-order valence-corrected chi connectivity index (χ4v) is 7.62. The van der Waals surface area contributed by atoms with Crippen LogP contribution in [0.4, 0.5) is 5.69 Å². The van der Waals surface area contributed by atoms with E-state index in [9.17, 15) is 18.0 Å². The summed E-state index contributed by atoms with van der Waals surface area (Å²) in [5.74, 6) is -0.823. The minimum absolute atomic E-state index is 0.00707. The van der Waals surface area contributed by atoms with Crippen LogP contribution in [0, 0.1) is 6.92 Å². The van der Waals surface area contributed by atoms with Gasteiger partial charge < -0.3 is 10.2 Å². The fraction of sp³-hybridized carbons (Fsp3) is 0.297. The molecule has 1 atom stereocenters. The Morgan fingerprint density at radius 1 is 0.830 bits per heavy atom. The maximum atomic E-state index is 14.6. The summed E-state index contributed by atoms with van der Waals surface area (Å²) in [5, 5.41) is 4.08. The van der Waals surface area contributed by atoms with Crippen molar-refractivity contribution in [2.45, 2.75) is 69.0 Å². The van der Waals surface area contributed by atoms with Crippen LogP contribution in [-0.2, 0) is 32.6 Å². The number of benzene rings is 4. The lowest BCUT2D eigenvalue weighted by Crippen LogP contribution is -2.55. The van der Waals surface area contributed by atoms with E-state index in [0.717, 1.165) is 47.5 Å². The number of hydrogen-bond acceptors (Lipinski definition) is 4. The smallest absolute Gasteiger partial charge is 0.264 e. The Balaban J connectivity index is 1.56. The van der Waals surface area contributed by atoms with Crippen LogP contribution in [0.2, 0.25) is 10.0 Å². The molecular formula is C37H39Cl2N3O4S. The number of carbonyl (C=O) groups excluding carboxylic acids is 2. The van der Waals surface area contributed by atoms with E-state index in [0.29, 0.717) is 15.6 Å². The molecule has 5 rings (SSSR count). The highest BCUT2D eigenvalue weighted by Gasteiger charge is 2.35. The van der Waals surface area contributed by atoms with E-state index in [2.05, 4.69) is 5.32 Å². The van der Waals surface area contributed by atoms with Crippen LogP contribution in [-0.4, -0.2) is 43.8 Å². The predicted octanol–water partition coefficient (Wildman–Crippen LogP) is 7.59. The van der Waals surface area contributed by atoms with Gasteiger partial charge in [-0.3, -0.25) is 13.9 Å². The molecule has 10 heteroatoms. The van der Waals surface area contributed by atoms with Gasteiger partial charge >= 0.3 is 0 Å². The minimum Gasteiger partial charge on any atom is -0.352 e. The number of nitrogens with one attached hydrogen (secondary N) is 1. The highest BCUT2D eigenvalue weighted by molar-refractivity contribution is 7.92. The third-order valence-electron chi connectivity index (χ3n) is 8.52. The van der Waals surface area contributed by atoms with Gasteiger partial charge in [-0.1, -0.05) is 109 Å². The number of anilines is 1. The maximum absolute atomic E-state index is 14.6. The summed E-state index contributed by atoms with van der Waals surface area (Å²) < 4.78 is 29.4. The first-order valence-electron chi connectivity index (χ1n) is 15.8. The number of aryl methyl sites for hydroxylation is 1. The van der Waals surface area contributed by atoms with Crippen LogP contribution in [0.3, 0.4) is 0 Å². The molecule has 0 aromatic heterocycles. The highest BCUT2D eigenvalue weighted by atomic mass is 35.5. The summed E-state index contributed by atoms with van der Waals surface area (Å²) in [5.41, 5.74) is 2.68. The normalized spacial score (nSPS) is 14.3. The number of amides is 2. The second kappa shape index (κ2) is 15.8. The second-order valence-electron chi connectivity index (χ2n) is 12.0. The van der Waals surface area contributed by atoms with Gasteiger partial charge in [0.15, 0.2) is 0 Å². The van der Waals surface area contributed by atoms with Crippen molar-refractivity contribution >= 4 is 50.7 Å². The molecule has 0 radical (unpaired) electrons. The molecule has 0 heterocycles. The summed E-state index contributed by atoms with van der Waals surface area (Å²) in [6.45, 7) is 1.33. The Bertz CT molecular complexity index is 1760. The molecule has 47 heavy (non-hydrogen) atoms. The molecule has 0 spiro atoms. The standard InChI is InChI=1S/C37H39Cl2N3O4S/c1-27-16-22-33(23-17-27)47(45,46)42(32-20-18-30(38)19-21-32)26-36(43)41(25-29-12-8-9-15-34(29)39)35(24-28-10-4-2-5-11-28)37(44)40-31-13-6-3-7-14-31/h2,4-5,8-12,15-23,31,35H,3,6-7,13-14,24-26H2,1H3,(H,40,44). The highest BCUT2D eigenvalue weighted by Crippen LogP contribution is 2.28. The molecule has 4 aromatic rings. The SMILES string of the molecule is Cc1ccc(S(=O)(=O)N(CC(=O)N(Cc2ccccc2Cl)C(Cc2ccccc2)C(=O)NC2CCCCC2)c2ccc(Cl)cc2)cc1. The molecule has 246 valence electrons. The van der Waals surface area contributed by atoms with E-state index < -0.39 is 28.5 Å². The molecule has 4 aromatic carbocycles. The third kappa shape index (κ3) is 8.95. The van der Waals surface area contributed by atoms with Crippen LogP contribution >= 0.6 is 23.2 Å². The lowest BCUT2D eigenvalue weighted by Gasteiger charge is -2.35. The fourth-order valence-electron chi connectivity index (χ4n) is 5.88. The van der Waals surface area contributed by atoms with E-state index in [-0.39, 0.29) is 35.5 Å². The van der Waals surface area contributed by atoms with Crippen molar-refractivity contribution in [2.24, 2.45) is 0 Å². The Hall–Kier alpha value is -3.85. The van der Waals surface area contributed by atoms with Gasteiger partial charge in [0.05, 0.1) is 10.6 Å². The van der Waals surface area contributed by atoms with Gasteiger partial charge in [-0.2, -0.15) is 0 Å². The predicted molar refractivity (Wildman–Crippen MR) is 188 cm³/mol. The van der Waals surface area contributed by atoms with Crippen molar-refractivity contribution in [2.75, 3.05) is 10.8 Å². The van der Waals surface area contributed by atoms with Crippen molar-refractivity contribution in [3.63, 3.8) is 0 Å². The van der Waals surface area contributed by atoms with Crippen molar-refractivity contribution in [3.8, 4) is 0 Å². The summed E-state index contributed by atoms with van der Waals surface area (Å²) in [6.07, 6.45) is 5.18. The van der Waals surface area contributed by atoms with Crippen LogP contribution in [0.25, 0.3) is 0 Å². The lowest BCUT2D eigenvalue weighted by molar-refractivity contribution is -0.140. The summed E-state index contributed by atoms with van der Waals surface area (Å²) in [4.78, 5) is 30.3. The molecule has 7 nitrogen and oxygen atoms in total. The topological polar surface area (TPSA) is 86.8 Å². The van der Waals surface area contributed by atoms with E-state index in [1.807, 2.05) is 43.3 Å². The van der Waals surface area contributed by atoms with Crippen LogP contribution in [0.1, 0.15) is 48.8 Å². The number of rotatable bonds is 12. The molecule has 0 aliphatic heterocycles. The molecule has 0 saturated heterocycles. The molecule has 2 amide bonds. The van der Waals surface area contributed by atoms with Gasteiger partial charge in [-0.25, -0.2) is 8.42 Å². The van der Waals surface area contributed by atoms with Gasteiger partial charge in [0, 0.05) is 29.1 Å². The number of carbonyl (C=O) groups is 2. The first-order valence-corrected chi connectivity index (χ1v) is 18.0. The van der Waals surface area contributed by atoms with E-state index in [1.165, 1.54) is 17.0 Å². The summed E-state index contributed by atoms with van der Waals surface area (Å²) >= 11 is 12.8. The number of halogens is 2. The zero-order chi connectivity index (χ0) is 33.4. The zero-order valence-electron chi connectivity index (χ0n) is 26.3. The molecule has 1 N–H and O–H groups in total. The first-order chi connectivity index (χ1) is 22.6. The minimum atomic E-state index is -4.20. The Morgan fingerprint density at radius 2 is 1.47 bits per heavy atom. The lowest BCUT2D eigenvalue weighted by atomic mass is 9.94. The van der Waals surface area contributed by atoms with Gasteiger partial charge in [0.2, 0.25) is 11.8 Å². The van der Waals surface area contributed by atoms with Crippen molar-refractivity contribution < 1.29 is 18.0 Å². The van der Waals surface area contributed by atoms with Gasteiger partial charge in [0.1, 0.15) is 12.6 Å². The van der Waals surface area contributed by atoms with E-state index >= 15 is 0 Å². The maximum Gasteiger partial charge on any atom is 0.264 e. The molecule has 1 unspecified atom stereocenters. The van der Waals surface area contributed by atoms with Crippen LogP contribution in [0.5, 0.6) is 0 Å². The Morgan fingerprint density at radius 3 is 2.13 bits per heavy atom. The van der Waals surface area contributed by atoms with Crippen molar-refractivity contribution in [1.29, 1.82) is 0 Å². The monoisotopic (exact) mass is 691 g/mol. The Kier molecular flexibility index (Phi) is 11.6.